The van der Waals surface area contributed by atoms with E-state index in [4.69, 9.17) is 0 Å². The van der Waals surface area contributed by atoms with Gasteiger partial charge in [-0.1, -0.05) is 32.6 Å². The van der Waals surface area contributed by atoms with Crippen molar-refractivity contribution >= 4 is 5.78 Å². The van der Waals surface area contributed by atoms with Crippen LogP contribution < -0.4 is 0 Å². The first-order chi connectivity index (χ1) is 8.31. The van der Waals surface area contributed by atoms with E-state index in [-0.39, 0.29) is 6.04 Å². The standard InChI is InChI=1S/C14H26N2O/c1-2-3-4-5-6-7-14(17)13-12-15-8-10-16(13)11-9-15/h13H,2-12H2,1H3. The number of rotatable bonds is 7. The van der Waals surface area contributed by atoms with Gasteiger partial charge in [0.25, 0.3) is 0 Å². The molecule has 1 atom stereocenters. The molecule has 3 nitrogen and oxygen atoms in total. The highest BCUT2D eigenvalue weighted by Gasteiger charge is 2.35. The fourth-order valence-corrected chi connectivity index (χ4v) is 2.99. The molecular weight excluding hydrogens is 212 g/mol. The Morgan fingerprint density at radius 3 is 2.35 bits per heavy atom. The van der Waals surface area contributed by atoms with Crippen molar-refractivity contribution in [1.29, 1.82) is 0 Å². The van der Waals surface area contributed by atoms with Crippen molar-refractivity contribution in [2.75, 3.05) is 32.7 Å². The van der Waals surface area contributed by atoms with E-state index in [0.29, 0.717) is 5.78 Å². The molecule has 0 N–H and O–H groups in total. The van der Waals surface area contributed by atoms with Gasteiger partial charge < -0.3 is 0 Å². The molecule has 2 bridgehead atoms. The van der Waals surface area contributed by atoms with Crippen molar-refractivity contribution in [2.45, 2.75) is 51.5 Å². The van der Waals surface area contributed by atoms with Crippen LogP contribution in [0.15, 0.2) is 0 Å². The number of carbonyl (C=O) groups is 1. The Kier molecular flexibility index (Phi) is 4.99. The summed E-state index contributed by atoms with van der Waals surface area (Å²) in [6, 6.07) is 0.226. The third-order valence-corrected chi connectivity index (χ3v) is 4.18. The quantitative estimate of drug-likeness (QED) is 0.633. The van der Waals surface area contributed by atoms with Gasteiger partial charge in [-0.2, -0.15) is 0 Å². The van der Waals surface area contributed by atoms with Gasteiger partial charge in [0.1, 0.15) is 0 Å². The van der Waals surface area contributed by atoms with Crippen molar-refractivity contribution in [3.8, 4) is 0 Å². The molecule has 1 unspecified atom stereocenters. The molecule has 3 saturated heterocycles. The van der Waals surface area contributed by atoms with E-state index in [2.05, 4.69) is 16.7 Å². The molecule has 3 fully saturated rings. The topological polar surface area (TPSA) is 23.6 Å². The average molecular weight is 238 g/mol. The highest BCUT2D eigenvalue weighted by molar-refractivity contribution is 5.84. The molecule has 0 amide bonds. The first-order valence-electron chi connectivity index (χ1n) is 7.30. The SMILES string of the molecule is CCCCCCCC(=O)C1CN2CCN1CC2. The van der Waals surface area contributed by atoms with Gasteiger partial charge in [0.2, 0.25) is 0 Å². The van der Waals surface area contributed by atoms with Crippen molar-refractivity contribution in [2.24, 2.45) is 0 Å². The van der Waals surface area contributed by atoms with E-state index in [1.165, 1.54) is 38.8 Å². The maximum atomic E-state index is 12.2. The second kappa shape index (κ2) is 6.50. The van der Waals surface area contributed by atoms with Crippen LogP contribution in [0.3, 0.4) is 0 Å². The number of unbranched alkanes of at least 4 members (excludes halogenated alkanes) is 4. The van der Waals surface area contributed by atoms with E-state index in [1.54, 1.807) is 0 Å². The van der Waals surface area contributed by atoms with E-state index in [9.17, 15) is 4.79 Å². The lowest BCUT2D eigenvalue weighted by atomic mass is 9.99. The minimum Gasteiger partial charge on any atom is -0.299 e. The van der Waals surface area contributed by atoms with Crippen LogP contribution in [0.5, 0.6) is 0 Å². The lowest BCUT2D eigenvalue weighted by molar-refractivity contribution is -0.129. The van der Waals surface area contributed by atoms with Crippen LogP contribution in [0, 0.1) is 0 Å². The Morgan fingerprint density at radius 2 is 1.76 bits per heavy atom. The number of ketones is 1. The van der Waals surface area contributed by atoms with E-state index >= 15 is 0 Å². The molecular formula is C14H26N2O. The Morgan fingerprint density at radius 1 is 1.06 bits per heavy atom. The van der Waals surface area contributed by atoms with Gasteiger partial charge in [-0.15, -0.1) is 0 Å². The molecule has 3 heteroatoms. The molecule has 17 heavy (non-hydrogen) atoms. The Balaban J connectivity index is 1.66. The van der Waals surface area contributed by atoms with Gasteiger partial charge in [0.05, 0.1) is 6.04 Å². The predicted octanol–water partition coefficient (Wildman–Crippen LogP) is 1.92. The Bertz CT molecular complexity index is 247. The molecule has 3 heterocycles. The van der Waals surface area contributed by atoms with Gasteiger partial charge in [0, 0.05) is 39.1 Å². The molecule has 0 aromatic carbocycles. The summed E-state index contributed by atoms with van der Waals surface area (Å²) in [5.41, 5.74) is 0. The first-order valence-corrected chi connectivity index (χ1v) is 7.30. The van der Waals surface area contributed by atoms with E-state index in [1.807, 2.05) is 0 Å². The minimum absolute atomic E-state index is 0.226. The third kappa shape index (κ3) is 3.52. The largest absolute Gasteiger partial charge is 0.299 e. The molecule has 0 saturated carbocycles. The van der Waals surface area contributed by atoms with Crippen LogP contribution in [0.1, 0.15) is 45.4 Å². The molecule has 3 rings (SSSR count). The van der Waals surface area contributed by atoms with E-state index < -0.39 is 0 Å². The smallest absolute Gasteiger partial charge is 0.151 e. The second-order valence-electron chi connectivity index (χ2n) is 5.48. The van der Waals surface area contributed by atoms with Crippen LogP contribution in [-0.2, 0) is 4.79 Å². The fourth-order valence-electron chi connectivity index (χ4n) is 2.99. The fraction of sp³-hybridized carbons (Fsp3) is 0.929. The van der Waals surface area contributed by atoms with Gasteiger partial charge in [-0.3, -0.25) is 14.6 Å². The summed E-state index contributed by atoms with van der Waals surface area (Å²) in [4.78, 5) is 17.0. The lowest BCUT2D eigenvalue weighted by Crippen LogP contribution is -2.63. The molecule has 3 aliphatic rings. The summed E-state index contributed by atoms with van der Waals surface area (Å²) in [6.07, 6.45) is 7.03. The normalized spacial score (nSPS) is 31.7. The van der Waals surface area contributed by atoms with Crippen molar-refractivity contribution in [1.82, 2.24) is 9.80 Å². The maximum Gasteiger partial charge on any atom is 0.151 e. The highest BCUT2D eigenvalue weighted by atomic mass is 16.1. The molecule has 3 aliphatic heterocycles. The summed E-state index contributed by atoms with van der Waals surface area (Å²) in [5, 5.41) is 0. The van der Waals surface area contributed by atoms with Gasteiger partial charge in [-0.05, 0) is 6.42 Å². The van der Waals surface area contributed by atoms with Crippen LogP contribution in [0.4, 0.5) is 0 Å². The van der Waals surface area contributed by atoms with E-state index in [0.717, 1.165) is 32.5 Å². The minimum atomic E-state index is 0.226. The van der Waals surface area contributed by atoms with Crippen molar-refractivity contribution in [3.63, 3.8) is 0 Å². The first kappa shape index (κ1) is 13.0. The number of carbonyl (C=O) groups excluding carboxylic acids is 1. The zero-order valence-electron chi connectivity index (χ0n) is 11.2. The van der Waals surface area contributed by atoms with Gasteiger partial charge >= 0.3 is 0 Å². The summed E-state index contributed by atoms with van der Waals surface area (Å²) in [7, 11) is 0. The summed E-state index contributed by atoms with van der Waals surface area (Å²) in [6.45, 7) is 7.76. The van der Waals surface area contributed by atoms with Crippen LogP contribution in [-0.4, -0.2) is 54.3 Å². The van der Waals surface area contributed by atoms with Crippen LogP contribution in [0.2, 0.25) is 0 Å². The van der Waals surface area contributed by atoms with Crippen molar-refractivity contribution in [3.05, 3.63) is 0 Å². The molecule has 0 aromatic rings. The number of hydrogen-bond donors (Lipinski definition) is 0. The summed E-state index contributed by atoms with van der Waals surface area (Å²) < 4.78 is 0. The monoisotopic (exact) mass is 238 g/mol. The Labute approximate surface area is 105 Å². The zero-order chi connectivity index (χ0) is 12.1. The Hall–Kier alpha value is -0.410. The van der Waals surface area contributed by atoms with Crippen molar-refractivity contribution < 1.29 is 4.79 Å². The molecule has 0 aromatic heterocycles. The second-order valence-corrected chi connectivity index (χ2v) is 5.48. The number of nitrogens with zero attached hydrogens (tertiary/aromatic N) is 2. The number of fused-ring (bicyclic) bond motifs is 3. The predicted molar refractivity (Wildman–Crippen MR) is 70.2 cm³/mol. The average Bonchev–Trinajstić information content (AvgIpc) is 2.39. The van der Waals surface area contributed by atoms with Crippen LogP contribution in [0.25, 0.3) is 0 Å². The van der Waals surface area contributed by atoms with Crippen LogP contribution >= 0.6 is 0 Å². The van der Waals surface area contributed by atoms with Gasteiger partial charge in [-0.25, -0.2) is 0 Å². The summed E-state index contributed by atoms with van der Waals surface area (Å²) in [5.74, 6) is 0.492. The molecule has 0 spiro atoms. The van der Waals surface area contributed by atoms with Gasteiger partial charge in [0.15, 0.2) is 5.78 Å². The molecule has 0 radical (unpaired) electrons. The summed E-state index contributed by atoms with van der Waals surface area (Å²) >= 11 is 0. The number of piperazine rings is 3. The lowest BCUT2D eigenvalue weighted by Gasteiger charge is -2.46. The molecule has 0 aliphatic carbocycles. The third-order valence-electron chi connectivity index (χ3n) is 4.18. The number of Topliss-reactive ketones (excluding diaryl/α,β-unsaturated/α-hetero) is 1. The maximum absolute atomic E-state index is 12.2. The zero-order valence-corrected chi connectivity index (χ0v) is 11.2. The number of hydrogen-bond acceptors (Lipinski definition) is 3. The highest BCUT2D eigenvalue weighted by Crippen LogP contribution is 2.18. The molecule has 98 valence electrons.